The topological polar surface area (TPSA) is 29.5 Å². The Balaban J connectivity index is 1.54. The van der Waals surface area contributed by atoms with E-state index in [1.165, 1.54) is 17.7 Å². The highest BCUT2D eigenvalue weighted by Gasteiger charge is 2.30. The Morgan fingerprint density at radius 3 is 2.63 bits per heavy atom. The molecule has 2 aromatic rings. The summed E-state index contributed by atoms with van der Waals surface area (Å²) in [7, 11) is 0. The van der Waals surface area contributed by atoms with Crippen LogP contribution < -0.4 is 4.74 Å². The Kier molecular flexibility index (Phi) is 6.31. The smallest absolute Gasteiger partial charge is 0.416 e. The molecule has 1 amide bonds. The molecule has 0 unspecified atom stereocenters. The number of thioether (sulfide) groups is 1. The van der Waals surface area contributed by atoms with E-state index in [0.29, 0.717) is 18.3 Å². The molecule has 1 aliphatic rings. The normalized spacial score (nSPS) is 18.0. The van der Waals surface area contributed by atoms with Gasteiger partial charge in [0.15, 0.2) is 6.61 Å². The molecule has 1 fully saturated rings. The average Bonchev–Trinajstić information content (AvgIpc) is 2.93. The van der Waals surface area contributed by atoms with Crippen LogP contribution >= 0.6 is 11.8 Å². The van der Waals surface area contributed by atoms with E-state index >= 15 is 0 Å². The Morgan fingerprint density at radius 2 is 1.89 bits per heavy atom. The van der Waals surface area contributed by atoms with Crippen molar-refractivity contribution < 1.29 is 22.7 Å². The van der Waals surface area contributed by atoms with Gasteiger partial charge in [-0.05, 0) is 30.2 Å². The Labute approximate surface area is 160 Å². The van der Waals surface area contributed by atoms with Gasteiger partial charge >= 0.3 is 6.18 Å². The first-order valence-corrected chi connectivity index (χ1v) is 9.73. The summed E-state index contributed by atoms with van der Waals surface area (Å²) in [6, 6.07) is 14.8. The SMILES string of the molecule is O=C(COc1cccc(C(F)(F)F)c1)N1CCS[C@@H](c2ccccc2)CC1. The molecule has 27 heavy (non-hydrogen) atoms. The molecular formula is C20H20F3NO2S. The maximum atomic E-state index is 12.7. The second kappa shape index (κ2) is 8.69. The summed E-state index contributed by atoms with van der Waals surface area (Å²) in [4.78, 5) is 14.1. The number of benzene rings is 2. The minimum absolute atomic E-state index is 0.0459. The monoisotopic (exact) mass is 395 g/mol. The number of carbonyl (C=O) groups excluding carboxylic acids is 1. The van der Waals surface area contributed by atoms with Crippen molar-refractivity contribution in [2.24, 2.45) is 0 Å². The minimum Gasteiger partial charge on any atom is -0.484 e. The highest BCUT2D eigenvalue weighted by atomic mass is 32.2. The van der Waals surface area contributed by atoms with Crippen LogP contribution in [0.2, 0.25) is 0 Å². The molecule has 2 aromatic carbocycles. The van der Waals surface area contributed by atoms with Gasteiger partial charge in [-0.15, -0.1) is 0 Å². The third-order valence-corrected chi connectivity index (χ3v) is 5.72. The van der Waals surface area contributed by atoms with Crippen LogP contribution in [0.4, 0.5) is 13.2 Å². The summed E-state index contributed by atoms with van der Waals surface area (Å²) >= 11 is 1.82. The molecule has 1 aliphatic heterocycles. The van der Waals surface area contributed by atoms with Crippen molar-refractivity contribution >= 4 is 17.7 Å². The van der Waals surface area contributed by atoms with Crippen LogP contribution in [0, 0.1) is 0 Å². The molecule has 1 saturated heterocycles. The number of nitrogens with zero attached hydrogens (tertiary/aromatic N) is 1. The van der Waals surface area contributed by atoms with E-state index in [-0.39, 0.29) is 18.3 Å². The van der Waals surface area contributed by atoms with Crippen LogP contribution in [0.25, 0.3) is 0 Å². The lowest BCUT2D eigenvalue weighted by atomic mass is 10.1. The number of hydrogen-bond donors (Lipinski definition) is 0. The van der Waals surface area contributed by atoms with Crippen LogP contribution in [-0.4, -0.2) is 36.3 Å². The van der Waals surface area contributed by atoms with E-state index in [2.05, 4.69) is 12.1 Å². The van der Waals surface area contributed by atoms with Gasteiger partial charge < -0.3 is 9.64 Å². The van der Waals surface area contributed by atoms with Crippen LogP contribution in [0.3, 0.4) is 0 Å². The van der Waals surface area contributed by atoms with E-state index < -0.39 is 11.7 Å². The fraction of sp³-hybridized carbons (Fsp3) is 0.350. The number of rotatable bonds is 4. The van der Waals surface area contributed by atoms with Crippen molar-refractivity contribution in [2.75, 3.05) is 25.4 Å². The lowest BCUT2D eigenvalue weighted by Crippen LogP contribution is -2.36. The molecule has 0 saturated carbocycles. The first-order valence-electron chi connectivity index (χ1n) is 8.68. The van der Waals surface area contributed by atoms with Gasteiger partial charge in [0, 0.05) is 24.1 Å². The van der Waals surface area contributed by atoms with Crippen LogP contribution in [0.5, 0.6) is 5.75 Å². The van der Waals surface area contributed by atoms with Crippen LogP contribution in [-0.2, 0) is 11.0 Å². The third-order valence-electron chi connectivity index (χ3n) is 4.39. The molecular weight excluding hydrogens is 375 g/mol. The van der Waals surface area contributed by atoms with E-state index in [0.717, 1.165) is 24.3 Å². The highest BCUT2D eigenvalue weighted by Crippen LogP contribution is 2.34. The molecule has 0 aromatic heterocycles. The first-order chi connectivity index (χ1) is 12.9. The van der Waals surface area contributed by atoms with Gasteiger partial charge in [-0.2, -0.15) is 24.9 Å². The fourth-order valence-electron chi connectivity index (χ4n) is 2.95. The summed E-state index contributed by atoms with van der Waals surface area (Å²) < 4.78 is 43.5. The van der Waals surface area contributed by atoms with Crippen molar-refractivity contribution in [3.63, 3.8) is 0 Å². The van der Waals surface area contributed by atoms with E-state index in [4.69, 9.17) is 4.74 Å². The molecule has 3 rings (SSSR count). The van der Waals surface area contributed by atoms with Crippen molar-refractivity contribution in [1.82, 2.24) is 4.90 Å². The van der Waals surface area contributed by atoms with Gasteiger partial charge in [-0.1, -0.05) is 36.4 Å². The quantitative estimate of drug-likeness (QED) is 0.745. The van der Waals surface area contributed by atoms with Crippen LogP contribution in [0.1, 0.15) is 22.8 Å². The zero-order chi connectivity index (χ0) is 19.3. The van der Waals surface area contributed by atoms with Crippen molar-refractivity contribution in [3.05, 3.63) is 65.7 Å². The van der Waals surface area contributed by atoms with Gasteiger partial charge in [0.25, 0.3) is 5.91 Å². The van der Waals surface area contributed by atoms with E-state index in [9.17, 15) is 18.0 Å². The summed E-state index contributed by atoms with van der Waals surface area (Å²) in [5, 5.41) is 0.341. The number of ether oxygens (including phenoxy) is 1. The zero-order valence-electron chi connectivity index (χ0n) is 14.6. The summed E-state index contributed by atoms with van der Waals surface area (Å²) in [5.74, 6) is 0.653. The molecule has 0 N–H and O–H groups in total. The molecule has 144 valence electrons. The zero-order valence-corrected chi connectivity index (χ0v) is 15.4. The standard InChI is InChI=1S/C20H20F3NO2S/c21-20(22,23)16-7-4-8-17(13-16)26-14-19(25)24-10-9-18(27-12-11-24)15-5-2-1-3-6-15/h1-8,13,18H,9-12,14H2/t18-/m1/s1. The third kappa shape index (κ3) is 5.42. The molecule has 0 radical (unpaired) electrons. The number of hydrogen-bond acceptors (Lipinski definition) is 3. The van der Waals surface area contributed by atoms with Crippen LogP contribution in [0.15, 0.2) is 54.6 Å². The van der Waals surface area contributed by atoms with Gasteiger partial charge in [-0.3, -0.25) is 4.79 Å². The van der Waals surface area contributed by atoms with E-state index in [1.54, 1.807) is 4.90 Å². The van der Waals surface area contributed by atoms with E-state index in [1.807, 2.05) is 30.0 Å². The Hall–Kier alpha value is -2.15. The average molecular weight is 395 g/mol. The largest absolute Gasteiger partial charge is 0.484 e. The molecule has 0 spiro atoms. The molecule has 1 heterocycles. The lowest BCUT2D eigenvalue weighted by molar-refractivity contribution is -0.137. The number of halogens is 3. The maximum absolute atomic E-state index is 12.7. The van der Waals surface area contributed by atoms with Crippen molar-refractivity contribution in [3.8, 4) is 5.75 Å². The van der Waals surface area contributed by atoms with Gasteiger partial charge in [0.1, 0.15) is 5.75 Å². The molecule has 3 nitrogen and oxygen atoms in total. The number of amides is 1. The number of carbonyl (C=O) groups is 1. The number of alkyl halides is 3. The Morgan fingerprint density at radius 1 is 1.11 bits per heavy atom. The fourth-order valence-corrected chi connectivity index (χ4v) is 4.18. The van der Waals surface area contributed by atoms with Gasteiger partial charge in [-0.25, -0.2) is 0 Å². The maximum Gasteiger partial charge on any atom is 0.416 e. The minimum atomic E-state index is -4.43. The summed E-state index contributed by atoms with van der Waals surface area (Å²) in [5.41, 5.74) is 0.460. The van der Waals surface area contributed by atoms with Crippen molar-refractivity contribution in [1.29, 1.82) is 0 Å². The van der Waals surface area contributed by atoms with Crippen molar-refractivity contribution in [2.45, 2.75) is 17.8 Å². The molecule has 0 aliphatic carbocycles. The first kappa shape index (κ1) is 19.6. The second-order valence-electron chi connectivity index (χ2n) is 6.25. The van der Waals surface area contributed by atoms with Gasteiger partial charge in [0.05, 0.1) is 5.56 Å². The summed E-state index contributed by atoms with van der Waals surface area (Å²) in [6.45, 7) is 0.956. The Bertz CT molecular complexity index is 767. The molecule has 0 bridgehead atoms. The highest BCUT2D eigenvalue weighted by molar-refractivity contribution is 7.99. The van der Waals surface area contributed by atoms with Gasteiger partial charge in [0.2, 0.25) is 0 Å². The molecule has 7 heteroatoms. The summed E-state index contributed by atoms with van der Waals surface area (Å²) in [6.07, 6.45) is -3.60. The second-order valence-corrected chi connectivity index (χ2v) is 7.56. The predicted molar refractivity (Wildman–Crippen MR) is 99.8 cm³/mol. The molecule has 1 atom stereocenters. The predicted octanol–water partition coefficient (Wildman–Crippen LogP) is 4.79. The lowest BCUT2D eigenvalue weighted by Gasteiger charge is -2.20.